The zero-order valence-electron chi connectivity index (χ0n) is 12.6. The van der Waals surface area contributed by atoms with Gasteiger partial charge in [-0.3, -0.25) is 4.79 Å². The van der Waals surface area contributed by atoms with E-state index < -0.39 is 0 Å². The summed E-state index contributed by atoms with van der Waals surface area (Å²) in [6.45, 7) is 6.31. The van der Waals surface area contributed by atoms with Gasteiger partial charge in [0.25, 0.3) is 0 Å². The first kappa shape index (κ1) is 14.9. The van der Waals surface area contributed by atoms with Gasteiger partial charge in [-0.15, -0.1) is 0 Å². The summed E-state index contributed by atoms with van der Waals surface area (Å²) in [5, 5.41) is 3.53. The molecule has 110 valence electrons. The molecule has 1 amide bonds. The lowest BCUT2D eigenvalue weighted by Gasteiger charge is -2.40. The lowest BCUT2D eigenvalue weighted by molar-refractivity contribution is -0.125. The molecular weight excluding hydrogens is 252 g/mol. The molecule has 4 heteroatoms. The van der Waals surface area contributed by atoms with Gasteiger partial charge in [0.05, 0.1) is 13.0 Å². The van der Waals surface area contributed by atoms with E-state index in [1.54, 1.807) is 7.11 Å². The molecule has 0 bridgehead atoms. The first-order valence-corrected chi connectivity index (χ1v) is 7.14. The molecule has 2 rings (SSSR count). The minimum Gasteiger partial charge on any atom is -0.497 e. The molecule has 4 nitrogen and oxygen atoms in total. The van der Waals surface area contributed by atoms with Crippen LogP contribution >= 0.6 is 0 Å². The van der Waals surface area contributed by atoms with Crippen LogP contribution in [0.25, 0.3) is 0 Å². The maximum Gasteiger partial charge on any atom is 0.222 e. The van der Waals surface area contributed by atoms with E-state index in [9.17, 15) is 4.79 Å². The van der Waals surface area contributed by atoms with Crippen LogP contribution in [0.2, 0.25) is 0 Å². The van der Waals surface area contributed by atoms with E-state index in [1.807, 2.05) is 25.1 Å². The van der Waals surface area contributed by atoms with Crippen LogP contribution in [0.15, 0.2) is 18.2 Å². The van der Waals surface area contributed by atoms with E-state index in [4.69, 9.17) is 10.5 Å². The van der Waals surface area contributed by atoms with E-state index in [1.165, 1.54) is 0 Å². The highest BCUT2D eigenvalue weighted by Gasteiger charge is 2.38. The van der Waals surface area contributed by atoms with Gasteiger partial charge >= 0.3 is 0 Å². The van der Waals surface area contributed by atoms with E-state index in [0.29, 0.717) is 6.04 Å². The summed E-state index contributed by atoms with van der Waals surface area (Å²) < 4.78 is 5.24. The van der Waals surface area contributed by atoms with Gasteiger partial charge in [-0.05, 0) is 49.4 Å². The Morgan fingerprint density at radius 1 is 1.40 bits per heavy atom. The fraction of sp³-hybridized carbons (Fsp3) is 0.562. The quantitative estimate of drug-likeness (QED) is 0.889. The first-order valence-electron chi connectivity index (χ1n) is 7.14. The predicted molar refractivity (Wildman–Crippen MR) is 79.5 cm³/mol. The van der Waals surface area contributed by atoms with Crippen LogP contribution in [-0.2, 0) is 4.79 Å². The molecule has 0 spiro atoms. The number of benzene rings is 1. The molecule has 4 atom stereocenters. The van der Waals surface area contributed by atoms with Crippen molar-refractivity contribution >= 4 is 5.91 Å². The lowest BCUT2D eigenvalue weighted by atomic mass is 9.75. The van der Waals surface area contributed by atoms with E-state index in [0.717, 1.165) is 23.3 Å². The summed E-state index contributed by atoms with van der Waals surface area (Å²) in [4.78, 5) is 11.8. The van der Waals surface area contributed by atoms with Gasteiger partial charge in [-0.25, -0.2) is 0 Å². The van der Waals surface area contributed by atoms with Crippen molar-refractivity contribution < 1.29 is 9.53 Å². The summed E-state index contributed by atoms with van der Waals surface area (Å²) >= 11 is 0. The van der Waals surface area contributed by atoms with Crippen molar-refractivity contribution in [3.8, 4) is 5.75 Å². The maximum atomic E-state index is 11.8. The SMILES string of the molecule is COc1ccc(C2NC(C)CC(C)C2C(N)=O)c(C)c1. The number of aryl methyl sites for hydroxylation is 1. The Morgan fingerprint density at radius 2 is 2.10 bits per heavy atom. The summed E-state index contributed by atoms with van der Waals surface area (Å²) in [5.74, 6) is 0.726. The van der Waals surface area contributed by atoms with Gasteiger partial charge in [0.15, 0.2) is 0 Å². The Hall–Kier alpha value is -1.55. The number of primary amides is 1. The molecule has 1 heterocycles. The highest BCUT2D eigenvalue weighted by Crippen LogP contribution is 2.37. The van der Waals surface area contributed by atoms with Gasteiger partial charge in [-0.2, -0.15) is 0 Å². The first-order chi connectivity index (χ1) is 9.43. The van der Waals surface area contributed by atoms with E-state index in [-0.39, 0.29) is 23.8 Å². The molecule has 0 radical (unpaired) electrons. The number of amides is 1. The van der Waals surface area contributed by atoms with Crippen LogP contribution in [0.5, 0.6) is 5.75 Å². The molecule has 20 heavy (non-hydrogen) atoms. The van der Waals surface area contributed by atoms with Crippen LogP contribution < -0.4 is 15.8 Å². The summed E-state index contributed by atoms with van der Waals surface area (Å²) in [5.41, 5.74) is 7.89. The minimum absolute atomic E-state index is 0.0165. The van der Waals surface area contributed by atoms with Gasteiger partial charge in [0.1, 0.15) is 5.75 Å². The standard InChI is InChI=1S/C16H24N2O2/c1-9-8-12(20-4)5-6-13(9)15-14(16(17)19)10(2)7-11(3)18-15/h5-6,8,10-11,14-15,18H,7H2,1-4H3,(H2,17,19). The average molecular weight is 276 g/mol. The third-order valence-corrected chi connectivity index (χ3v) is 4.30. The third kappa shape index (κ3) is 2.80. The summed E-state index contributed by atoms with van der Waals surface area (Å²) in [6, 6.07) is 6.33. The smallest absolute Gasteiger partial charge is 0.222 e. The lowest BCUT2D eigenvalue weighted by Crippen LogP contribution is -2.49. The molecular formula is C16H24N2O2. The number of hydrogen-bond donors (Lipinski definition) is 2. The van der Waals surface area contributed by atoms with Gasteiger partial charge in [0.2, 0.25) is 5.91 Å². The number of nitrogens with one attached hydrogen (secondary N) is 1. The molecule has 0 aliphatic carbocycles. The third-order valence-electron chi connectivity index (χ3n) is 4.30. The minimum atomic E-state index is -0.225. The second kappa shape index (κ2) is 5.83. The average Bonchev–Trinajstić information content (AvgIpc) is 2.36. The Morgan fingerprint density at radius 3 is 2.65 bits per heavy atom. The van der Waals surface area contributed by atoms with Crippen molar-refractivity contribution in [1.29, 1.82) is 0 Å². The van der Waals surface area contributed by atoms with Crippen molar-refractivity contribution in [3.63, 3.8) is 0 Å². The molecule has 3 N–H and O–H groups in total. The molecule has 1 aromatic rings. The molecule has 1 fully saturated rings. The van der Waals surface area contributed by atoms with Crippen LogP contribution in [0.1, 0.15) is 37.4 Å². The second-order valence-corrected chi connectivity index (χ2v) is 5.91. The predicted octanol–water partition coefficient (Wildman–Crippen LogP) is 2.16. The zero-order chi connectivity index (χ0) is 14.9. The molecule has 1 aliphatic heterocycles. The monoisotopic (exact) mass is 276 g/mol. The van der Waals surface area contributed by atoms with E-state index >= 15 is 0 Å². The molecule has 0 aromatic heterocycles. The Kier molecular flexibility index (Phi) is 4.33. The van der Waals surface area contributed by atoms with Crippen molar-refractivity contribution in [3.05, 3.63) is 29.3 Å². The van der Waals surface area contributed by atoms with Gasteiger partial charge < -0.3 is 15.8 Å². The van der Waals surface area contributed by atoms with Gasteiger partial charge in [0, 0.05) is 12.1 Å². The maximum absolute atomic E-state index is 11.8. The Balaban J connectivity index is 2.39. The topological polar surface area (TPSA) is 64.3 Å². The van der Waals surface area contributed by atoms with Crippen molar-refractivity contribution in [2.45, 2.75) is 39.3 Å². The van der Waals surface area contributed by atoms with Crippen molar-refractivity contribution in [2.24, 2.45) is 17.6 Å². The number of hydrogen-bond acceptors (Lipinski definition) is 3. The number of nitrogens with two attached hydrogens (primary N) is 1. The number of methoxy groups -OCH3 is 1. The number of rotatable bonds is 3. The van der Waals surface area contributed by atoms with Crippen LogP contribution in [0.3, 0.4) is 0 Å². The number of piperidine rings is 1. The highest BCUT2D eigenvalue weighted by atomic mass is 16.5. The fourth-order valence-electron chi connectivity index (χ4n) is 3.36. The van der Waals surface area contributed by atoms with E-state index in [2.05, 4.69) is 19.2 Å². The van der Waals surface area contributed by atoms with Gasteiger partial charge in [-0.1, -0.05) is 13.0 Å². The molecule has 1 saturated heterocycles. The number of carbonyl (C=O) groups is 1. The molecule has 0 saturated carbocycles. The second-order valence-electron chi connectivity index (χ2n) is 5.91. The summed E-state index contributed by atoms with van der Waals surface area (Å²) in [7, 11) is 1.66. The largest absolute Gasteiger partial charge is 0.497 e. The summed E-state index contributed by atoms with van der Waals surface area (Å²) in [6.07, 6.45) is 0.972. The van der Waals surface area contributed by atoms with Crippen LogP contribution in [0, 0.1) is 18.8 Å². The zero-order valence-corrected chi connectivity index (χ0v) is 12.6. The highest BCUT2D eigenvalue weighted by molar-refractivity contribution is 5.78. The molecule has 4 unspecified atom stereocenters. The number of ether oxygens (including phenoxy) is 1. The molecule has 1 aliphatic rings. The van der Waals surface area contributed by atoms with Crippen molar-refractivity contribution in [2.75, 3.05) is 7.11 Å². The van der Waals surface area contributed by atoms with Crippen LogP contribution in [-0.4, -0.2) is 19.1 Å². The number of carbonyl (C=O) groups excluding carboxylic acids is 1. The molecule has 1 aromatic carbocycles. The van der Waals surface area contributed by atoms with Crippen LogP contribution in [0.4, 0.5) is 0 Å². The van der Waals surface area contributed by atoms with Crippen molar-refractivity contribution in [1.82, 2.24) is 5.32 Å². The fourth-order valence-corrected chi connectivity index (χ4v) is 3.36. The normalized spacial score (nSPS) is 30.0. The Labute approximate surface area is 120 Å². The Bertz CT molecular complexity index is 501.